The Morgan fingerprint density at radius 2 is 1.97 bits per heavy atom. The van der Waals surface area contributed by atoms with E-state index >= 15 is 0 Å². The van der Waals surface area contributed by atoms with Crippen molar-refractivity contribution >= 4 is 11.7 Å². The molecule has 0 atom stereocenters. The number of carbonyl (C=O) groups is 2. The van der Waals surface area contributed by atoms with Gasteiger partial charge in [0, 0.05) is 38.1 Å². The normalized spacial score (nSPS) is 13.3. The second-order valence-electron chi connectivity index (χ2n) is 8.13. The van der Waals surface area contributed by atoms with E-state index in [1.54, 1.807) is 19.2 Å². The fourth-order valence-corrected chi connectivity index (χ4v) is 3.96. The first-order valence-electron chi connectivity index (χ1n) is 11.2. The second kappa shape index (κ2) is 12.0. The molecule has 2 aromatic rings. The summed E-state index contributed by atoms with van der Waals surface area (Å²) < 4.78 is 17.3. The van der Waals surface area contributed by atoms with E-state index in [-0.39, 0.29) is 41.0 Å². The lowest BCUT2D eigenvalue weighted by Gasteiger charge is -2.15. The quantitative estimate of drug-likeness (QED) is 0.398. The van der Waals surface area contributed by atoms with Gasteiger partial charge in [0.1, 0.15) is 23.1 Å². The molecule has 1 aliphatic carbocycles. The van der Waals surface area contributed by atoms with E-state index in [4.69, 9.17) is 14.2 Å². The number of methoxy groups -OCH3 is 2. The Kier molecular flexibility index (Phi) is 8.82. The third-order valence-electron chi connectivity index (χ3n) is 5.73. The van der Waals surface area contributed by atoms with E-state index in [1.165, 1.54) is 30.0 Å². The molecule has 1 aromatic carbocycles. The van der Waals surface area contributed by atoms with Crippen LogP contribution in [-0.4, -0.2) is 49.7 Å². The van der Waals surface area contributed by atoms with Crippen molar-refractivity contribution in [1.29, 1.82) is 5.26 Å². The zero-order valence-corrected chi connectivity index (χ0v) is 19.5. The number of ether oxygens (including phenoxy) is 3. The van der Waals surface area contributed by atoms with Crippen molar-refractivity contribution in [3.05, 3.63) is 57.5 Å². The molecule has 1 N–H and O–H groups in total. The Balaban J connectivity index is 1.86. The number of pyridine rings is 1. The number of nitrogens with one attached hydrogen (secondary N) is 1. The highest BCUT2D eigenvalue weighted by Crippen LogP contribution is 2.27. The Morgan fingerprint density at radius 1 is 1.21 bits per heavy atom. The molecule has 9 heteroatoms. The minimum absolute atomic E-state index is 0.135. The predicted octanol–water partition coefficient (Wildman–Crippen LogP) is 2.43. The number of aryl methyl sites for hydroxylation is 1. The predicted molar refractivity (Wildman–Crippen MR) is 124 cm³/mol. The summed E-state index contributed by atoms with van der Waals surface area (Å²) in [5, 5.41) is 12.3. The zero-order valence-electron chi connectivity index (χ0n) is 19.5. The van der Waals surface area contributed by atoms with Crippen molar-refractivity contribution in [2.45, 2.75) is 44.7 Å². The number of ketones is 1. The summed E-state index contributed by atoms with van der Waals surface area (Å²) in [6.07, 6.45) is 6.08. The minimum Gasteiger partial charge on any atom is -0.497 e. The maximum atomic E-state index is 13.4. The van der Waals surface area contributed by atoms with Gasteiger partial charge in [-0.05, 0) is 43.5 Å². The molecule has 34 heavy (non-hydrogen) atoms. The fourth-order valence-electron chi connectivity index (χ4n) is 3.96. The number of nitrogens with zero attached hydrogens (tertiary/aromatic N) is 2. The zero-order chi connectivity index (χ0) is 24.5. The van der Waals surface area contributed by atoms with Crippen LogP contribution in [0, 0.1) is 11.3 Å². The third kappa shape index (κ3) is 6.23. The van der Waals surface area contributed by atoms with E-state index in [9.17, 15) is 19.6 Å². The van der Waals surface area contributed by atoms with E-state index in [0.29, 0.717) is 25.3 Å². The molecule has 0 bridgehead atoms. The van der Waals surface area contributed by atoms with Gasteiger partial charge in [-0.3, -0.25) is 14.4 Å². The number of benzene rings is 1. The molecule has 0 spiro atoms. The summed E-state index contributed by atoms with van der Waals surface area (Å²) in [7, 11) is 3.03. The van der Waals surface area contributed by atoms with Gasteiger partial charge in [-0.15, -0.1) is 0 Å². The van der Waals surface area contributed by atoms with Crippen LogP contribution in [0.2, 0.25) is 0 Å². The average molecular weight is 468 g/mol. The monoisotopic (exact) mass is 467 g/mol. The van der Waals surface area contributed by atoms with Gasteiger partial charge in [0.15, 0.2) is 12.4 Å². The Bertz CT molecular complexity index is 1130. The van der Waals surface area contributed by atoms with Crippen LogP contribution in [0.5, 0.6) is 11.5 Å². The summed E-state index contributed by atoms with van der Waals surface area (Å²) in [5.41, 5.74) is -0.286. The topological polar surface area (TPSA) is 120 Å². The molecule has 0 saturated heterocycles. The van der Waals surface area contributed by atoms with Gasteiger partial charge in [-0.25, -0.2) is 0 Å². The summed E-state index contributed by atoms with van der Waals surface area (Å²) in [6, 6.07) is 8.00. The number of hydrogen-bond acceptors (Lipinski definition) is 7. The van der Waals surface area contributed by atoms with Crippen molar-refractivity contribution in [1.82, 2.24) is 9.88 Å². The summed E-state index contributed by atoms with van der Waals surface area (Å²) in [4.78, 5) is 38.2. The number of aromatic nitrogens is 1. The molecule has 0 aliphatic heterocycles. The first kappa shape index (κ1) is 25.0. The molecular formula is C25H29N3O6. The van der Waals surface area contributed by atoms with Crippen LogP contribution in [0.3, 0.4) is 0 Å². The van der Waals surface area contributed by atoms with Crippen molar-refractivity contribution in [2.24, 2.45) is 0 Å². The molecule has 1 fully saturated rings. The van der Waals surface area contributed by atoms with Gasteiger partial charge in [-0.1, -0.05) is 12.8 Å². The van der Waals surface area contributed by atoms with Crippen LogP contribution in [-0.2, 0) is 16.1 Å². The van der Waals surface area contributed by atoms with Crippen LogP contribution >= 0.6 is 0 Å². The fraction of sp³-hybridized carbons (Fsp3) is 0.440. The van der Waals surface area contributed by atoms with Crippen molar-refractivity contribution in [3.63, 3.8) is 0 Å². The maximum absolute atomic E-state index is 13.4. The van der Waals surface area contributed by atoms with Crippen LogP contribution in [0.15, 0.2) is 35.3 Å². The average Bonchev–Trinajstić information content (AvgIpc) is 3.36. The molecule has 1 amide bonds. The first-order chi connectivity index (χ1) is 16.5. The van der Waals surface area contributed by atoms with Crippen molar-refractivity contribution in [2.75, 3.05) is 27.4 Å². The summed E-state index contributed by atoms with van der Waals surface area (Å²) in [6.45, 7) is 0.498. The lowest BCUT2D eigenvalue weighted by atomic mass is 10.0. The van der Waals surface area contributed by atoms with Crippen LogP contribution in [0.1, 0.15) is 53.6 Å². The standard InChI is InChI=1S/C25H29N3O6/c1-32-11-5-10-28-15-18(12-17(14-26)25(28)31)24(30)21-13-20(33-2)8-9-22(21)34-16-23(29)27-19-6-3-4-7-19/h8-9,12-13,15,19H,3-7,10-11,16H2,1-2H3,(H,27,29). The minimum atomic E-state index is -0.471. The SMILES string of the molecule is COCCCn1cc(C(=O)c2cc(OC)ccc2OCC(=O)NC2CCCC2)cc(C#N)c1=O. The largest absolute Gasteiger partial charge is 0.497 e. The van der Waals surface area contributed by atoms with E-state index in [0.717, 1.165) is 25.7 Å². The van der Waals surface area contributed by atoms with E-state index in [2.05, 4.69) is 5.32 Å². The summed E-state index contributed by atoms with van der Waals surface area (Å²) >= 11 is 0. The highest BCUT2D eigenvalue weighted by molar-refractivity contribution is 6.11. The number of nitriles is 1. The summed E-state index contributed by atoms with van der Waals surface area (Å²) in [5.74, 6) is -0.0651. The lowest BCUT2D eigenvalue weighted by Crippen LogP contribution is -2.36. The van der Waals surface area contributed by atoms with Crippen LogP contribution in [0.25, 0.3) is 0 Å². The van der Waals surface area contributed by atoms with Gasteiger partial charge in [0.2, 0.25) is 0 Å². The molecule has 1 heterocycles. The number of carbonyl (C=O) groups excluding carboxylic acids is 2. The smallest absolute Gasteiger partial charge is 0.268 e. The Labute approximate surface area is 198 Å². The molecule has 0 radical (unpaired) electrons. The Hall–Kier alpha value is -3.64. The lowest BCUT2D eigenvalue weighted by molar-refractivity contribution is -0.123. The molecule has 0 unspecified atom stereocenters. The molecule has 1 saturated carbocycles. The van der Waals surface area contributed by atoms with Gasteiger partial charge < -0.3 is 24.1 Å². The van der Waals surface area contributed by atoms with E-state index in [1.807, 2.05) is 6.07 Å². The Morgan fingerprint density at radius 3 is 2.65 bits per heavy atom. The highest BCUT2D eigenvalue weighted by atomic mass is 16.5. The van der Waals surface area contributed by atoms with Gasteiger partial charge in [-0.2, -0.15) is 5.26 Å². The van der Waals surface area contributed by atoms with Gasteiger partial charge in [0.05, 0.1) is 12.7 Å². The maximum Gasteiger partial charge on any atom is 0.268 e. The molecule has 1 aliphatic rings. The molecule has 180 valence electrons. The molecule has 1 aromatic heterocycles. The van der Waals surface area contributed by atoms with Crippen molar-refractivity contribution in [3.8, 4) is 17.6 Å². The van der Waals surface area contributed by atoms with Crippen LogP contribution in [0.4, 0.5) is 0 Å². The van der Waals surface area contributed by atoms with E-state index < -0.39 is 11.3 Å². The number of hydrogen-bond donors (Lipinski definition) is 1. The number of amides is 1. The van der Waals surface area contributed by atoms with Crippen molar-refractivity contribution < 1.29 is 23.8 Å². The van der Waals surface area contributed by atoms with Crippen LogP contribution < -0.4 is 20.3 Å². The third-order valence-corrected chi connectivity index (χ3v) is 5.73. The second-order valence-corrected chi connectivity index (χ2v) is 8.13. The molecular weight excluding hydrogens is 438 g/mol. The first-order valence-corrected chi connectivity index (χ1v) is 11.2. The number of rotatable bonds is 11. The van der Waals surface area contributed by atoms with Gasteiger partial charge >= 0.3 is 0 Å². The molecule has 3 rings (SSSR count). The highest BCUT2D eigenvalue weighted by Gasteiger charge is 2.21. The molecule has 9 nitrogen and oxygen atoms in total. The van der Waals surface area contributed by atoms with Gasteiger partial charge in [0.25, 0.3) is 11.5 Å².